The van der Waals surface area contributed by atoms with Gasteiger partial charge >= 0.3 is 5.97 Å². The topological polar surface area (TPSA) is 53.1 Å². The molecule has 1 aromatic rings. The van der Waals surface area contributed by atoms with Crippen molar-refractivity contribution in [2.24, 2.45) is 5.41 Å². The van der Waals surface area contributed by atoms with Gasteiger partial charge in [0, 0.05) is 62.6 Å². The minimum atomic E-state index is -0.296. The van der Waals surface area contributed by atoms with Crippen LogP contribution in [0.5, 0.6) is 0 Å². The molecule has 4 rings (SSSR count). The van der Waals surface area contributed by atoms with Gasteiger partial charge in [0.15, 0.2) is 0 Å². The Labute approximate surface area is 198 Å². The van der Waals surface area contributed by atoms with Crippen LogP contribution in [-0.4, -0.2) is 63.2 Å². The average Bonchev–Trinajstić information content (AvgIpc) is 3.44. The van der Waals surface area contributed by atoms with Gasteiger partial charge in [0.25, 0.3) is 5.91 Å². The SMILES string of the molecule is COC(=O)c1cc(N2CCN(C(=O)C3=C(C(C)(C)C)[CH]3)CC2)cc(N(C)C2CCCC2)c1C. The third-order valence-electron chi connectivity index (χ3n) is 7.49. The van der Waals surface area contributed by atoms with Crippen LogP contribution < -0.4 is 9.80 Å². The fourth-order valence-electron chi connectivity index (χ4n) is 5.29. The lowest BCUT2D eigenvalue weighted by atomic mass is 9.93. The summed E-state index contributed by atoms with van der Waals surface area (Å²) in [4.78, 5) is 32.1. The minimum absolute atomic E-state index is 0.0285. The summed E-state index contributed by atoms with van der Waals surface area (Å²) in [7, 11) is 3.58. The van der Waals surface area contributed by atoms with Crippen LogP contribution >= 0.6 is 0 Å². The lowest BCUT2D eigenvalue weighted by Crippen LogP contribution is -2.48. The first kappa shape index (κ1) is 23.7. The summed E-state index contributed by atoms with van der Waals surface area (Å²) >= 11 is 0. The van der Waals surface area contributed by atoms with Gasteiger partial charge in [-0.2, -0.15) is 0 Å². The minimum Gasteiger partial charge on any atom is -0.465 e. The van der Waals surface area contributed by atoms with Gasteiger partial charge in [0.2, 0.25) is 0 Å². The number of carbonyl (C=O) groups excluding carboxylic acids is 2. The van der Waals surface area contributed by atoms with E-state index in [1.165, 1.54) is 38.4 Å². The number of esters is 1. The molecule has 179 valence electrons. The van der Waals surface area contributed by atoms with Gasteiger partial charge in [-0.1, -0.05) is 33.6 Å². The van der Waals surface area contributed by atoms with Crippen molar-refractivity contribution in [2.75, 3.05) is 50.1 Å². The molecule has 0 aromatic heterocycles. The van der Waals surface area contributed by atoms with Crippen LogP contribution in [0.2, 0.25) is 0 Å². The first-order valence-electron chi connectivity index (χ1n) is 12.2. The standard InChI is InChI=1S/C27H38N3O3/c1-18-21(26(32)33-6)15-20(16-24(18)28(5)19-9-7-8-10-19)29-11-13-30(14-12-29)25(31)22-17-23(22)27(2,3)4/h15-17,19H,7-14H2,1-6H3. The molecule has 2 fully saturated rings. The number of allylic oxidation sites excluding steroid dienone is 1. The molecule has 1 aromatic carbocycles. The van der Waals surface area contributed by atoms with Crippen molar-refractivity contribution in [3.63, 3.8) is 0 Å². The zero-order valence-electron chi connectivity index (χ0n) is 21.0. The Hall–Kier alpha value is -2.50. The molecule has 1 aliphatic heterocycles. The van der Waals surface area contributed by atoms with Crippen molar-refractivity contribution >= 4 is 23.3 Å². The summed E-state index contributed by atoms with van der Waals surface area (Å²) in [6.07, 6.45) is 6.94. The highest BCUT2D eigenvalue weighted by Crippen LogP contribution is 2.44. The normalized spacial score (nSPS) is 19.2. The van der Waals surface area contributed by atoms with Crippen molar-refractivity contribution in [3.05, 3.63) is 40.8 Å². The Morgan fingerprint density at radius 1 is 1.06 bits per heavy atom. The molecular formula is C27H38N3O3. The van der Waals surface area contributed by atoms with Crippen LogP contribution in [-0.2, 0) is 9.53 Å². The predicted octanol–water partition coefficient (Wildman–Crippen LogP) is 4.37. The van der Waals surface area contributed by atoms with Crippen LogP contribution in [0.4, 0.5) is 11.4 Å². The molecule has 3 aliphatic rings. The Balaban J connectivity index is 1.53. The third-order valence-corrected chi connectivity index (χ3v) is 7.49. The first-order valence-corrected chi connectivity index (χ1v) is 12.2. The van der Waals surface area contributed by atoms with Crippen LogP contribution in [0.25, 0.3) is 0 Å². The number of methoxy groups -OCH3 is 1. The van der Waals surface area contributed by atoms with Gasteiger partial charge in [0.05, 0.1) is 12.7 Å². The highest BCUT2D eigenvalue weighted by molar-refractivity contribution is 6.04. The summed E-state index contributed by atoms with van der Waals surface area (Å²) in [6.45, 7) is 11.3. The second kappa shape index (κ2) is 9.03. The van der Waals surface area contributed by atoms with E-state index in [9.17, 15) is 9.59 Å². The fraction of sp³-hybridized carbons (Fsp3) is 0.593. The van der Waals surface area contributed by atoms with E-state index in [0.717, 1.165) is 35.6 Å². The number of carbonyl (C=O) groups is 2. The maximum atomic E-state index is 12.9. The van der Waals surface area contributed by atoms with Gasteiger partial charge in [-0.15, -0.1) is 0 Å². The maximum absolute atomic E-state index is 12.9. The van der Waals surface area contributed by atoms with Crippen molar-refractivity contribution in [2.45, 2.75) is 59.4 Å². The van der Waals surface area contributed by atoms with Crippen molar-refractivity contribution in [3.8, 4) is 0 Å². The van der Waals surface area contributed by atoms with Crippen LogP contribution in [0, 0.1) is 18.8 Å². The Morgan fingerprint density at radius 3 is 2.24 bits per heavy atom. The summed E-state index contributed by atoms with van der Waals surface area (Å²) in [6, 6.07) is 4.69. The van der Waals surface area contributed by atoms with Crippen LogP contribution in [0.1, 0.15) is 62.4 Å². The molecule has 1 heterocycles. The lowest BCUT2D eigenvalue weighted by Gasteiger charge is -2.37. The summed E-state index contributed by atoms with van der Waals surface area (Å²) in [5.74, 6) is -0.143. The second-order valence-electron chi connectivity index (χ2n) is 10.7. The Morgan fingerprint density at radius 2 is 1.70 bits per heavy atom. The Kier molecular flexibility index (Phi) is 6.47. The lowest BCUT2D eigenvalue weighted by molar-refractivity contribution is -0.126. The molecule has 0 unspecified atom stereocenters. The second-order valence-corrected chi connectivity index (χ2v) is 10.7. The number of benzene rings is 1. The molecule has 6 heteroatoms. The van der Waals surface area contributed by atoms with Crippen molar-refractivity contribution in [1.82, 2.24) is 4.90 Å². The molecule has 6 nitrogen and oxygen atoms in total. The molecule has 0 atom stereocenters. The quantitative estimate of drug-likeness (QED) is 0.621. The van der Waals surface area contributed by atoms with Gasteiger partial charge in [-0.3, -0.25) is 4.79 Å². The zero-order valence-corrected chi connectivity index (χ0v) is 21.0. The van der Waals surface area contributed by atoms with E-state index in [1.807, 2.05) is 24.3 Å². The zero-order chi connectivity index (χ0) is 23.9. The molecule has 1 radical (unpaired) electrons. The number of amides is 1. The number of nitrogens with zero attached hydrogens (tertiary/aromatic N) is 3. The summed E-state index contributed by atoms with van der Waals surface area (Å²) < 4.78 is 5.10. The van der Waals surface area contributed by atoms with Gasteiger partial charge in [0.1, 0.15) is 0 Å². The molecule has 33 heavy (non-hydrogen) atoms. The monoisotopic (exact) mass is 452 g/mol. The van der Waals surface area contributed by atoms with Crippen LogP contribution in [0.3, 0.4) is 0 Å². The number of anilines is 2. The Bertz CT molecular complexity index is 962. The highest BCUT2D eigenvalue weighted by atomic mass is 16.5. The van der Waals surface area contributed by atoms with Crippen LogP contribution in [0.15, 0.2) is 23.3 Å². The number of hydrogen-bond donors (Lipinski definition) is 0. The summed E-state index contributed by atoms with van der Waals surface area (Å²) in [5, 5.41) is 0. The fourth-order valence-corrected chi connectivity index (χ4v) is 5.29. The highest BCUT2D eigenvalue weighted by Gasteiger charge is 2.39. The van der Waals surface area contributed by atoms with E-state index in [1.54, 1.807) is 0 Å². The number of rotatable bonds is 5. The molecule has 0 spiro atoms. The average molecular weight is 453 g/mol. The molecule has 1 amide bonds. The van der Waals surface area contributed by atoms with E-state index in [0.29, 0.717) is 24.7 Å². The predicted molar refractivity (Wildman–Crippen MR) is 133 cm³/mol. The molecule has 1 saturated carbocycles. The van der Waals surface area contributed by atoms with E-state index < -0.39 is 0 Å². The van der Waals surface area contributed by atoms with Gasteiger partial charge in [-0.05, 0) is 48.4 Å². The molecule has 0 bridgehead atoms. The van der Waals surface area contributed by atoms with E-state index in [-0.39, 0.29) is 17.3 Å². The van der Waals surface area contributed by atoms with Crippen molar-refractivity contribution in [1.29, 1.82) is 0 Å². The molecule has 2 aliphatic carbocycles. The number of piperazine rings is 1. The van der Waals surface area contributed by atoms with Gasteiger partial charge < -0.3 is 19.4 Å². The smallest absolute Gasteiger partial charge is 0.338 e. The number of hydrogen-bond acceptors (Lipinski definition) is 5. The largest absolute Gasteiger partial charge is 0.465 e. The molecular weight excluding hydrogens is 414 g/mol. The number of ether oxygens (including phenoxy) is 1. The molecule has 0 N–H and O–H groups in total. The molecule has 1 saturated heterocycles. The van der Waals surface area contributed by atoms with Crippen molar-refractivity contribution < 1.29 is 14.3 Å². The summed E-state index contributed by atoms with van der Waals surface area (Å²) in [5.41, 5.74) is 5.82. The van der Waals surface area contributed by atoms with E-state index in [4.69, 9.17) is 4.74 Å². The maximum Gasteiger partial charge on any atom is 0.338 e. The van der Waals surface area contributed by atoms with E-state index >= 15 is 0 Å². The first-order chi connectivity index (χ1) is 15.6. The van der Waals surface area contributed by atoms with Gasteiger partial charge in [-0.25, -0.2) is 4.79 Å². The van der Waals surface area contributed by atoms with E-state index in [2.05, 4.69) is 43.7 Å². The third kappa shape index (κ3) is 4.75.